The van der Waals surface area contributed by atoms with Gasteiger partial charge in [0.2, 0.25) is 0 Å². The molecule has 0 aromatic carbocycles. The Morgan fingerprint density at radius 1 is 0.783 bits per heavy atom. The van der Waals surface area contributed by atoms with Crippen molar-refractivity contribution in [1.82, 2.24) is 0 Å². The fourth-order valence-corrected chi connectivity index (χ4v) is 7.38. The molecule has 0 aliphatic heterocycles. The molecule has 5 fully saturated rings. The second-order valence-corrected chi connectivity index (χ2v) is 9.34. The van der Waals surface area contributed by atoms with Gasteiger partial charge >= 0.3 is 5.97 Å². The van der Waals surface area contributed by atoms with Gasteiger partial charge in [-0.25, -0.2) is 0 Å². The molecule has 4 bridgehead atoms. The van der Waals surface area contributed by atoms with Crippen molar-refractivity contribution in [1.29, 1.82) is 0 Å². The summed E-state index contributed by atoms with van der Waals surface area (Å²) >= 11 is 0. The van der Waals surface area contributed by atoms with E-state index in [1.54, 1.807) is 38.5 Å². The normalized spacial score (nSPS) is 52.2. The number of hydrogen-bond donors (Lipinski definition) is 0. The number of rotatable bonds is 1. The summed E-state index contributed by atoms with van der Waals surface area (Å²) in [6.45, 7) is 4.60. The van der Waals surface area contributed by atoms with Crippen LogP contribution in [0.5, 0.6) is 0 Å². The Morgan fingerprint density at radius 3 is 1.96 bits per heavy atom. The third-order valence-electron chi connectivity index (χ3n) is 8.75. The molecule has 0 N–H and O–H groups in total. The van der Waals surface area contributed by atoms with Crippen LogP contribution in [0, 0.1) is 53.3 Å². The fraction of sp³-hybridized carbons (Fsp3) is 0.952. The Hall–Kier alpha value is -0.530. The van der Waals surface area contributed by atoms with E-state index in [9.17, 15) is 4.79 Å². The zero-order valence-electron chi connectivity index (χ0n) is 15.2. The zero-order valence-corrected chi connectivity index (χ0v) is 15.2. The van der Waals surface area contributed by atoms with E-state index in [1.807, 2.05) is 0 Å². The molecule has 5 saturated carbocycles. The molecule has 0 aromatic rings. The molecule has 9 atom stereocenters. The van der Waals surface area contributed by atoms with Crippen LogP contribution in [-0.4, -0.2) is 13.1 Å². The predicted molar refractivity (Wildman–Crippen MR) is 91.7 cm³/mol. The summed E-state index contributed by atoms with van der Waals surface area (Å²) in [6, 6.07) is 0. The van der Waals surface area contributed by atoms with Crippen LogP contribution in [0.15, 0.2) is 0 Å². The molecular weight excluding hydrogens is 284 g/mol. The summed E-state index contributed by atoms with van der Waals surface area (Å²) in [5.41, 5.74) is 0. The average molecular weight is 319 g/mol. The molecular formula is C21H34O2. The molecule has 0 spiro atoms. The average Bonchev–Trinajstić information content (AvgIpc) is 3.34. The van der Waals surface area contributed by atoms with Gasteiger partial charge < -0.3 is 4.74 Å². The van der Waals surface area contributed by atoms with Gasteiger partial charge in [-0.1, -0.05) is 20.3 Å². The first kappa shape index (κ1) is 16.0. The lowest BCUT2D eigenvalue weighted by molar-refractivity contribution is -0.148. The summed E-state index contributed by atoms with van der Waals surface area (Å²) in [5, 5.41) is 0. The van der Waals surface area contributed by atoms with Crippen LogP contribution >= 0.6 is 0 Å². The van der Waals surface area contributed by atoms with Gasteiger partial charge in [0.25, 0.3) is 0 Å². The SMILES string of the molecule is C1CC2C3CCC(C3)C2C1.COC(=O)C1CC2CC1C(C)C2C. The van der Waals surface area contributed by atoms with Crippen molar-refractivity contribution in [3.8, 4) is 0 Å². The zero-order chi connectivity index (χ0) is 16.1. The number of esters is 1. The molecule has 23 heavy (non-hydrogen) atoms. The maximum absolute atomic E-state index is 11.4. The summed E-state index contributed by atoms with van der Waals surface area (Å²) in [4.78, 5) is 11.4. The summed E-state index contributed by atoms with van der Waals surface area (Å²) in [5.74, 6) is 7.94. The van der Waals surface area contributed by atoms with Crippen LogP contribution < -0.4 is 0 Å². The van der Waals surface area contributed by atoms with E-state index >= 15 is 0 Å². The third-order valence-corrected chi connectivity index (χ3v) is 8.75. The highest BCUT2D eigenvalue weighted by molar-refractivity contribution is 5.73. The molecule has 130 valence electrons. The first-order valence-electron chi connectivity index (χ1n) is 10.2. The van der Waals surface area contributed by atoms with Gasteiger partial charge in [0.1, 0.15) is 0 Å². The number of hydrogen-bond acceptors (Lipinski definition) is 2. The van der Waals surface area contributed by atoms with E-state index in [1.165, 1.54) is 37.2 Å². The molecule has 9 unspecified atom stereocenters. The van der Waals surface area contributed by atoms with E-state index < -0.39 is 0 Å². The van der Waals surface area contributed by atoms with Gasteiger partial charge in [-0.2, -0.15) is 0 Å². The van der Waals surface area contributed by atoms with Gasteiger partial charge in [-0.3, -0.25) is 4.79 Å². The van der Waals surface area contributed by atoms with Gasteiger partial charge in [0.15, 0.2) is 0 Å². The van der Waals surface area contributed by atoms with Crippen molar-refractivity contribution in [3.63, 3.8) is 0 Å². The maximum atomic E-state index is 11.4. The molecule has 0 radical (unpaired) electrons. The molecule has 0 heterocycles. The van der Waals surface area contributed by atoms with Crippen LogP contribution in [0.2, 0.25) is 0 Å². The maximum Gasteiger partial charge on any atom is 0.308 e. The van der Waals surface area contributed by atoms with E-state index in [2.05, 4.69) is 13.8 Å². The largest absolute Gasteiger partial charge is 0.469 e. The van der Waals surface area contributed by atoms with E-state index in [4.69, 9.17) is 4.74 Å². The summed E-state index contributed by atoms with van der Waals surface area (Å²) < 4.78 is 4.83. The Morgan fingerprint density at radius 2 is 1.43 bits per heavy atom. The molecule has 5 rings (SSSR count). The molecule has 2 heteroatoms. The van der Waals surface area contributed by atoms with Gasteiger partial charge in [0.05, 0.1) is 13.0 Å². The Labute approximate surface area is 141 Å². The number of methoxy groups -OCH3 is 1. The van der Waals surface area contributed by atoms with E-state index in [0.717, 1.165) is 18.3 Å². The van der Waals surface area contributed by atoms with Gasteiger partial charge in [-0.15, -0.1) is 0 Å². The smallest absolute Gasteiger partial charge is 0.308 e. The molecule has 5 aliphatic rings. The van der Waals surface area contributed by atoms with Crippen LogP contribution in [0.1, 0.15) is 65.2 Å². The Bertz CT molecular complexity index is 441. The topological polar surface area (TPSA) is 26.3 Å². The van der Waals surface area contributed by atoms with Crippen LogP contribution in [0.25, 0.3) is 0 Å². The highest BCUT2D eigenvalue weighted by atomic mass is 16.5. The first-order chi connectivity index (χ1) is 11.1. The number of fused-ring (bicyclic) bond motifs is 7. The van der Waals surface area contributed by atoms with E-state index in [0.29, 0.717) is 11.8 Å². The van der Waals surface area contributed by atoms with Crippen molar-refractivity contribution < 1.29 is 9.53 Å². The summed E-state index contributed by atoms with van der Waals surface area (Å²) in [7, 11) is 1.50. The van der Waals surface area contributed by atoms with Crippen molar-refractivity contribution in [2.45, 2.75) is 65.2 Å². The number of ether oxygens (including phenoxy) is 1. The molecule has 0 aromatic heterocycles. The van der Waals surface area contributed by atoms with Gasteiger partial charge in [-0.05, 0) is 92.3 Å². The quantitative estimate of drug-likeness (QED) is 0.641. The molecule has 5 aliphatic carbocycles. The lowest BCUT2D eigenvalue weighted by Gasteiger charge is -2.29. The lowest BCUT2D eigenvalue weighted by Crippen LogP contribution is -2.30. The highest BCUT2D eigenvalue weighted by Crippen LogP contribution is 2.58. The van der Waals surface area contributed by atoms with Crippen molar-refractivity contribution in [2.24, 2.45) is 53.3 Å². The van der Waals surface area contributed by atoms with Crippen LogP contribution in [-0.2, 0) is 9.53 Å². The molecule has 2 nitrogen and oxygen atoms in total. The molecule has 0 saturated heterocycles. The molecule has 0 amide bonds. The number of carbonyl (C=O) groups excluding carboxylic acids is 1. The van der Waals surface area contributed by atoms with Crippen molar-refractivity contribution >= 4 is 5.97 Å². The van der Waals surface area contributed by atoms with Gasteiger partial charge in [0, 0.05) is 0 Å². The second-order valence-electron chi connectivity index (χ2n) is 9.34. The Balaban J connectivity index is 0.000000121. The Kier molecular flexibility index (Phi) is 4.22. The summed E-state index contributed by atoms with van der Waals surface area (Å²) in [6.07, 6.45) is 11.9. The van der Waals surface area contributed by atoms with E-state index in [-0.39, 0.29) is 11.9 Å². The first-order valence-corrected chi connectivity index (χ1v) is 10.2. The predicted octanol–water partition coefficient (Wildman–Crippen LogP) is 4.92. The monoisotopic (exact) mass is 318 g/mol. The van der Waals surface area contributed by atoms with Crippen LogP contribution in [0.4, 0.5) is 0 Å². The fourth-order valence-electron chi connectivity index (χ4n) is 7.38. The second kappa shape index (κ2) is 6.08. The minimum absolute atomic E-state index is 0.0197. The standard InChI is InChI=1S/C11H18O2.C10H16/c1-6-7(2)9-4-8(6)5-10(9)11(12)13-3;1-2-9-7-4-5-8(6-7)10(9)3-1/h6-10H,4-5H2,1-3H3;7-10H,1-6H2. The number of carbonyl (C=O) groups is 1. The minimum atomic E-state index is 0.0197. The van der Waals surface area contributed by atoms with Crippen molar-refractivity contribution in [2.75, 3.05) is 7.11 Å². The van der Waals surface area contributed by atoms with Crippen molar-refractivity contribution in [3.05, 3.63) is 0 Å². The lowest BCUT2D eigenvalue weighted by atomic mass is 9.76. The minimum Gasteiger partial charge on any atom is -0.469 e. The third kappa shape index (κ3) is 2.55. The van der Waals surface area contributed by atoms with Crippen LogP contribution in [0.3, 0.4) is 0 Å². The highest BCUT2D eigenvalue weighted by Gasteiger charge is 2.51.